The molecule has 0 spiro atoms. The molecular weight excluding hydrogens is 274 g/mol. The lowest BCUT2D eigenvalue weighted by molar-refractivity contribution is -0.384. The summed E-state index contributed by atoms with van der Waals surface area (Å²) in [4.78, 5) is 33.6. The van der Waals surface area contributed by atoms with Crippen molar-refractivity contribution in [1.82, 2.24) is 10.9 Å². The van der Waals surface area contributed by atoms with Gasteiger partial charge in [-0.3, -0.25) is 30.6 Å². The van der Waals surface area contributed by atoms with Gasteiger partial charge in [-0.1, -0.05) is 12.2 Å². The molecule has 2 N–H and O–H groups in total. The van der Waals surface area contributed by atoms with Crippen LogP contribution in [0.1, 0.15) is 29.6 Å². The Morgan fingerprint density at radius 3 is 2.43 bits per heavy atom. The number of rotatable bonds is 3. The highest BCUT2D eigenvalue weighted by molar-refractivity contribution is 5.95. The van der Waals surface area contributed by atoms with Crippen LogP contribution in [-0.4, -0.2) is 16.7 Å². The van der Waals surface area contributed by atoms with E-state index in [1.807, 2.05) is 12.2 Å². The number of hydrogen-bond donors (Lipinski definition) is 2. The molecule has 1 aliphatic carbocycles. The fraction of sp³-hybridized carbons (Fsp3) is 0.286. The second-order valence-corrected chi connectivity index (χ2v) is 4.73. The molecule has 0 saturated heterocycles. The molecule has 0 fully saturated rings. The third kappa shape index (κ3) is 3.88. The number of nitrogens with zero attached hydrogens (tertiary/aromatic N) is 1. The third-order valence-electron chi connectivity index (χ3n) is 3.28. The molecule has 1 aliphatic rings. The number of nitro benzene ring substituents is 1. The predicted molar refractivity (Wildman–Crippen MR) is 75.2 cm³/mol. The van der Waals surface area contributed by atoms with E-state index in [2.05, 4.69) is 10.9 Å². The normalized spacial score (nSPS) is 17.0. The molecule has 2 amide bonds. The average molecular weight is 289 g/mol. The summed E-state index contributed by atoms with van der Waals surface area (Å²) < 4.78 is 0. The summed E-state index contributed by atoms with van der Waals surface area (Å²) in [6.07, 6.45) is 6.26. The number of carbonyl (C=O) groups is 2. The number of benzene rings is 1. The first-order valence-corrected chi connectivity index (χ1v) is 6.57. The molecule has 0 bridgehead atoms. The number of allylic oxidation sites excluding steroid dienone is 2. The Morgan fingerprint density at radius 2 is 1.86 bits per heavy atom. The summed E-state index contributed by atoms with van der Waals surface area (Å²) in [5, 5.41) is 10.5. The Balaban J connectivity index is 1.87. The summed E-state index contributed by atoms with van der Waals surface area (Å²) in [5.74, 6) is -0.869. The van der Waals surface area contributed by atoms with Gasteiger partial charge in [0.15, 0.2) is 0 Å². The van der Waals surface area contributed by atoms with Gasteiger partial charge >= 0.3 is 0 Å². The van der Waals surface area contributed by atoms with Gasteiger partial charge in [0.05, 0.1) is 4.92 Å². The van der Waals surface area contributed by atoms with Gasteiger partial charge in [-0.05, 0) is 31.4 Å². The van der Waals surface area contributed by atoms with Crippen LogP contribution in [0.5, 0.6) is 0 Å². The fourth-order valence-electron chi connectivity index (χ4n) is 2.06. The highest BCUT2D eigenvalue weighted by Crippen LogP contribution is 2.17. The molecule has 0 heterocycles. The molecule has 21 heavy (non-hydrogen) atoms. The molecule has 7 nitrogen and oxygen atoms in total. The van der Waals surface area contributed by atoms with Gasteiger partial charge in [0, 0.05) is 23.6 Å². The van der Waals surface area contributed by atoms with Crippen LogP contribution < -0.4 is 10.9 Å². The Morgan fingerprint density at radius 1 is 1.14 bits per heavy atom. The maximum Gasteiger partial charge on any atom is 0.269 e. The van der Waals surface area contributed by atoms with Crippen LogP contribution in [-0.2, 0) is 4.79 Å². The van der Waals surface area contributed by atoms with Crippen molar-refractivity contribution in [3.8, 4) is 0 Å². The van der Waals surface area contributed by atoms with Crippen LogP contribution in [0.2, 0.25) is 0 Å². The highest BCUT2D eigenvalue weighted by Gasteiger charge is 2.19. The van der Waals surface area contributed by atoms with E-state index in [4.69, 9.17) is 0 Å². The SMILES string of the molecule is O=C(NNC(=O)C1CC=CCC1)c1ccc([N+](=O)[O-])cc1. The van der Waals surface area contributed by atoms with Crippen LogP contribution in [0, 0.1) is 16.0 Å². The maximum atomic E-state index is 11.8. The summed E-state index contributed by atoms with van der Waals surface area (Å²) >= 11 is 0. The van der Waals surface area contributed by atoms with Crippen molar-refractivity contribution < 1.29 is 14.5 Å². The van der Waals surface area contributed by atoms with Gasteiger partial charge in [0.2, 0.25) is 5.91 Å². The lowest BCUT2D eigenvalue weighted by atomic mass is 9.94. The van der Waals surface area contributed by atoms with Crippen molar-refractivity contribution in [3.63, 3.8) is 0 Å². The minimum absolute atomic E-state index is 0.0930. The smallest absolute Gasteiger partial charge is 0.269 e. The number of nitrogens with one attached hydrogen (secondary N) is 2. The second-order valence-electron chi connectivity index (χ2n) is 4.73. The summed E-state index contributed by atoms with van der Waals surface area (Å²) in [6.45, 7) is 0. The van der Waals surface area contributed by atoms with E-state index in [9.17, 15) is 19.7 Å². The first-order chi connectivity index (χ1) is 10.1. The summed E-state index contributed by atoms with van der Waals surface area (Å²) in [5.41, 5.74) is 4.84. The zero-order valence-electron chi connectivity index (χ0n) is 11.2. The van der Waals surface area contributed by atoms with Crippen LogP contribution >= 0.6 is 0 Å². The molecule has 7 heteroatoms. The molecule has 1 aromatic rings. The van der Waals surface area contributed by atoms with Crippen LogP contribution in [0.4, 0.5) is 5.69 Å². The maximum absolute atomic E-state index is 11.8. The average Bonchev–Trinajstić information content (AvgIpc) is 2.53. The number of hydrazine groups is 1. The van der Waals surface area contributed by atoms with Crippen molar-refractivity contribution in [1.29, 1.82) is 0 Å². The molecule has 1 aromatic carbocycles. The van der Waals surface area contributed by atoms with Crippen molar-refractivity contribution in [2.75, 3.05) is 0 Å². The van der Waals surface area contributed by atoms with E-state index in [1.54, 1.807) is 0 Å². The Labute approximate surface area is 121 Å². The number of hydrogen-bond acceptors (Lipinski definition) is 4. The monoisotopic (exact) mass is 289 g/mol. The van der Waals surface area contributed by atoms with E-state index in [0.717, 1.165) is 12.8 Å². The van der Waals surface area contributed by atoms with Crippen molar-refractivity contribution in [3.05, 3.63) is 52.1 Å². The van der Waals surface area contributed by atoms with Gasteiger partial charge in [-0.15, -0.1) is 0 Å². The van der Waals surface area contributed by atoms with Crippen molar-refractivity contribution >= 4 is 17.5 Å². The van der Waals surface area contributed by atoms with Crippen LogP contribution in [0.3, 0.4) is 0 Å². The predicted octanol–water partition coefficient (Wildman–Crippen LogP) is 1.71. The van der Waals surface area contributed by atoms with E-state index < -0.39 is 10.8 Å². The Bertz CT molecular complexity index is 580. The molecule has 0 saturated carbocycles. The van der Waals surface area contributed by atoms with E-state index in [1.165, 1.54) is 24.3 Å². The second kappa shape index (κ2) is 6.65. The molecule has 110 valence electrons. The quantitative estimate of drug-likeness (QED) is 0.502. The number of non-ortho nitro benzene ring substituents is 1. The lowest BCUT2D eigenvalue weighted by Crippen LogP contribution is -2.44. The fourth-order valence-corrected chi connectivity index (χ4v) is 2.06. The first-order valence-electron chi connectivity index (χ1n) is 6.57. The lowest BCUT2D eigenvalue weighted by Gasteiger charge is -2.17. The topological polar surface area (TPSA) is 101 Å². The molecule has 1 unspecified atom stereocenters. The van der Waals surface area contributed by atoms with E-state index in [0.29, 0.717) is 6.42 Å². The molecule has 0 radical (unpaired) electrons. The number of nitro groups is 1. The van der Waals surface area contributed by atoms with Crippen molar-refractivity contribution in [2.24, 2.45) is 5.92 Å². The third-order valence-corrected chi connectivity index (χ3v) is 3.28. The van der Waals surface area contributed by atoms with Crippen molar-refractivity contribution in [2.45, 2.75) is 19.3 Å². The van der Waals surface area contributed by atoms with Gasteiger partial charge in [0.25, 0.3) is 11.6 Å². The molecular formula is C14H15N3O4. The van der Waals surface area contributed by atoms with Gasteiger partial charge in [-0.25, -0.2) is 0 Å². The Kier molecular flexibility index (Phi) is 4.65. The zero-order valence-corrected chi connectivity index (χ0v) is 11.2. The summed E-state index contributed by atoms with van der Waals surface area (Å²) in [7, 11) is 0. The largest absolute Gasteiger partial charge is 0.273 e. The minimum atomic E-state index is -0.542. The molecule has 0 aromatic heterocycles. The first kappa shape index (κ1) is 14.7. The van der Waals surface area contributed by atoms with Crippen LogP contribution in [0.15, 0.2) is 36.4 Å². The Hall–Kier alpha value is -2.70. The van der Waals surface area contributed by atoms with Gasteiger partial charge < -0.3 is 0 Å². The standard InChI is InChI=1S/C14H15N3O4/c18-13(10-4-2-1-3-5-10)15-16-14(19)11-6-8-12(9-7-11)17(20)21/h1-2,6-10H,3-5H2,(H,15,18)(H,16,19). The molecule has 0 aliphatic heterocycles. The molecule has 2 rings (SSSR count). The highest BCUT2D eigenvalue weighted by atomic mass is 16.6. The number of carbonyl (C=O) groups excluding carboxylic acids is 2. The van der Waals surface area contributed by atoms with Gasteiger partial charge in [-0.2, -0.15) is 0 Å². The summed E-state index contributed by atoms with van der Waals surface area (Å²) in [6, 6.07) is 5.15. The van der Waals surface area contributed by atoms with E-state index >= 15 is 0 Å². The minimum Gasteiger partial charge on any atom is -0.273 e. The number of amides is 2. The van der Waals surface area contributed by atoms with E-state index in [-0.39, 0.29) is 23.1 Å². The zero-order chi connectivity index (χ0) is 15.2. The van der Waals surface area contributed by atoms with Crippen LogP contribution in [0.25, 0.3) is 0 Å². The van der Waals surface area contributed by atoms with Gasteiger partial charge in [0.1, 0.15) is 0 Å². The molecule has 1 atom stereocenters.